The number of amides is 2. The molecular weight excluding hydrogens is 427 g/mol. The summed E-state index contributed by atoms with van der Waals surface area (Å²) in [7, 11) is 0.737. The van der Waals surface area contributed by atoms with E-state index >= 15 is 0 Å². The molecule has 3 aromatic rings. The van der Waals surface area contributed by atoms with Crippen molar-refractivity contribution >= 4 is 45.9 Å². The lowest BCUT2D eigenvalue weighted by molar-refractivity contribution is -0.266. The van der Waals surface area contributed by atoms with Crippen LogP contribution in [0.5, 0.6) is 0 Å². The summed E-state index contributed by atoms with van der Waals surface area (Å²) in [6.07, 6.45) is -4.48. The highest BCUT2D eigenvalue weighted by Crippen LogP contribution is 2.43. The summed E-state index contributed by atoms with van der Waals surface area (Å²) in [5.41, 5.74) is -3.91. The summed E-state index contributed by atoms with van der Waals surface area (Å²) in [6.45, 7) is 0. The number of ether oxygens (including phenoxy) is 1. The second kappa shape index (κ2) is 7.88. The van der Waals surface area contributed by atoms with Gasteiger partial charge in [0.1, 0.15) is 0 Å². The van der Waals surface area contributed by atoms with E-state index in [1.54, 1.807) is 18.2 Å². The van der Waals surface area contributed by atoms with Crippen LogP contribution in [0.3, 0.4) is 0 Å². The summed E-state index contributed by atoms with van der Waals surface area (Å²) in [6, 6.07) is 9.70. The van der Waals surface area contributed by atoms with E-state index < -0.39 is 29.3 Å². The van der Waals surface area contributed by atoms with Gasteiger partial charge >= 0.3 is 18.2 Å². The fourth-order valence-electron chi connectivity index (χ4n) is 2.88. The molecule has 0 aliphatic rings. The van der Waals surface area contributed by atoms with Crippen LogP contribution in [0, 0.1) is 0 Å². The first-order valence-electron chi connectivity index (χ1n) is 8.39. The van der Waals surface area contributed by atoms with E-state index in [1.807, 2.05) is 0 Å². The molecule has 3 rings (SSSR count). The van der Waals surface area contributed by atoms with Crippen molar-refractivity contribution in [1.82, 2.24) is 4.98 Å². The Hall–Kier alpha value is -3.24. The highest BCUT2D eigenvalue weighted by atomic mass is 35.5. The maximum Gasteiger partial charge on any atom is 0.432 e. The van der Waals surface area contributed by atoms with Gasteiger partial charge in [0, 0.05) is 39.1 Å². The zero-order chi connectivity index (χ0) is 22.1. The van der Waals surface area contributed by atoms with Crippen molar-refractivity contribution in [3.63, 3.8) is 0 Å². The number of halogens is 4. The molecule has 2 amide bonds. The van der Waals surface area contributed by atoms with Crippen molar-refractivity contribution in [2.75, 3.05) is 17.7 Å². The summed E-state index contributed by atoms with van der Waals surface area (Å²) in [5, 5.41) is 15.5. The zero-order valence-corrected chi connectivity index (χ0v) is 16.1. The molecule has 0 bridgehead atoms. The van der Waals surface area contributed by atoms with E-state index in [4.69, 9.17) is 11.6 Å². The lowest BCUT2D eigenvalue weighted by atomic mass is 9.92. The van der Waals surface area contributed by atoms with E-state index in [1.165, 1.54) is 24.3 Å². The molecule has 0 aliphatic carbocycles. The number of H-pyrrole nitrogens is 1. The van der Waals surface area contributed by atoms with Crippen LogP contribution in [0.4, 0.5) is 29.3 Å². The van der Waals surface area contributed by atoms with Crippen LogP contribution in [-0.2, 0) is 15.1 Å². The number of rotatable bonds is 4. The number of aliphatic hydroxyl groups is 1. The number of aromatic nitrogens is 1. The number of carbonyl (C=O) groups excluding carboxylic acids is 2. The van der Waals surface area contributed by atoms with E-state index in [0.29, 0.717) is 10.7 Å². The molecule has 11 heteroatoms. The minimum atomic E-state index is -5.34. The Bertz CT molecular complexity index is 1120. The Balaban J connectivity index is 1.94. The van der Waals surface area contributed by atoms with Gasteiger partial charge in [-0.3, -0.25) is 0 Å². The number of nitrogens with one attached hydrogen (secondary N) is 3. The van der Waals surface area contributed by atoms with Crippen molar-refractivity contribution in [3.8, 4) is 0 Å². The smallest absolute Gasteiger partial charge is 0.432 e. The standard InChI is InChI=1S/C19H15ClF3N3O4/c1-30-16(27)18(29,19(21,22)23)14-9-24-15-6-5-12(8-13(14)15)26-17(28)25-11-4-2-3-10(20)7-11/h2-9,24,29H,1H3,(H2,25,26,28). The molecule has 1 aromatic heterocycles. The predicted octanol–water partition coefficient (Wildman–Crippen LogP) is 4.39. The average Bonchev–Trinajstić information content (AvgIpc) is 3.09. The minimum Gasteiger partial charge on any atom is -0.466 e. The molecule has 0 fully saturated rings. The first-order chi connectivity index (χ1) is 14.1. The van der Waals surface area contributed by atoms with Crippen LogP contribution >= 0.6 is 11.6 Å². The molecule has 1 heterocycles. The molecule has 0 saturated carbocycles. The molecule has 1 unspecified atom stereocenters. The monoisotopic (exact) mass is 441 g/mol. The van der Waals surface area contributed by atoms with Crippen molar-refractivity contribution in [2.45, 2.75) is 11.8 Å². The number of alkyl halides is 3. The Morgan fingerprint density at radius 2 is 1.77 bits per heavy atom. The average molecular weight is 442 g/mol. The molecule has 0 spiro atoms. The largest absolute Gasteiger partial charge is 0.466 e. The first kappa shape index (κ1) is 21.5. The van der Waals surface area contributed by atoms with E-state index in [9.17, 15) is 27.9 Å². The zero-order valence-electron chi connectivity index (χ0n) is 15.3. The maximum absolute atomic E-state index is 13.6. The SMILES string of the molecule is COC(=O)C(O)(c1c[nH]c2ccc(NC(=O)Nc3cccc(Cl)c3)cc12)C(F)(F)F. The minimum absolute atomic E-state index is 0.122. The summed E-state index contributed by atoms with van der Waals surface area (Å²) in [5.74, 6) is -1.88. The van der Waals surface area contributed by atoms with Gasteiger partial charge in [-0.15, -0.1) is 0 Å². The highest BCUT2D eigenvalue weighted by Gasteiger charge is 2.63. The number of hydrogen-bond donors (Lipinski definition) is 4. The summed E-state index contributed by atoms with van der Waals surface area (Å²) in [4.78, 5) is 26.6. The predicted molar refractivity (Wildman–Crippen MR) is 104 cm³/mol. The number of carbonyl (C=O) groups is 2. The van der Waals surface area contributed by atoms with Crippen LogP contribution in [-0.4, -0.2) is 35.4 Å². The van der Waals surface area contributed by atoms with Crippen LogP contribution in [0.15, 0.2) is 48.7 Å². The van der Waals surface area contributed by atoms with Gasteiger partial charge in [0.25, 0.3) is 5.60 Å². The number of aromatic amines is 1. The fraction of sp³-hybridized carbons (Fsp3) is 0.158. The van der Waals surface area contributed by atoms with Crippen LogP contribution in [0.25, 0.3) is 10.9 Å². The molecule has 1 atom stereocenters. The molecule has 0 saturated heterocycles. The molecule has 0 radical (unpaired) electrons. The molecule has 7 nitrogen and oxygen atoms in total. The molecular formula is C19H15ClF3N3O4. The van der Waals surface area contributed by atoms with Crippen LogP contribution in [0.1, 0.15) is 5.56 Å². The van der Waals surface area contributed by atoms with Crippen molar-refractivity contribution < 1.29 is 32.6 Å². The molecule has 0 aliphatic heterocycles. The quantitative estimate of drug-likeness (QED) is 0.451. The van der Waals surface area contributed by atoms with E-state index in [-0.39, 0.29) is 16.6 Å². The fourth-order valence-corrected chi connectivity index (χ4v) is 3.07. The van der Waals surface area contributed by atoms with Gasteiger partial charge < -0.3 is 25.5 Å². The van der Waals surface area contributed by atoms with Gasteiger partial charge in [0.2, 0.25) is 0 Å². The number of methoxy groups -OCH3 is 1. The lowest BCUT2D eigenvalue weighted by Crippen LogP contribution is -2.49. The number of hydrogen-bond acceptors (Lipinski definition) is 4. The molecule has 4 N–H and O–H groups in total. The Kier molecular flexibility index (Phi) is 5.64. The lowest BCUT2D eigenvalue weighted by Gasteiger charge is -2.27. The summed E-state index contributed by atoms with van der Waals surface area (Å²) < 4.78 is 44.9. The highest BCUT2D eigenvalue weighted by molar-refractivity contribution is 6.30. The second-order valence-electron chi connectivity index (χ2n) is 6.25. The Labute approximate surface area is 172 Å². The number of esters is 1. The van der Waals surface area contributed by atoms with Crippen LogP contribution < -0.4 is 10.6 Å². The maximum atomic E-state index is 13.6. The molecule has 30 heavy (non-hydrogen) atoms. The molecule has 158 valence electrons. The first-order valence-corrected chi connectivity index (χ1v) is 8.76. The third kappa shape index (κ3) is 3.91. The topological polar surface area (TPSA) is 103 Å². The van der Waals surface area contributed by atoms with Gasteiger partial charge in [-0.1, -0.05) is 17.7 Å². The van der Waals surface area contributed by atoms with Gasteiger partial charge in [-0.25, -0.2) is 9.59 Å². The van der Waals surface area contributed by atoms with Crippen molar-refractivity contribution in [3.05, 3.63) is 59.2 Å². The van der Waals surface area contributed by atoms with E-state index in [0.717, 1.165) is 13.3 Å². The third-order valence-corrected chi connectivity index (χ3v) is 4.54. The van der Waals surface area contributed by atoms with Gasteiger partial charge in [0.05, 0.1) is 7.11 Å². The van der Waals surface area contributed by atoms with Gasteiger partial charge in [-0.2, -0.15) is 13.2 Å². The normalized spacial score (nSPS) is 13.5. The number of urea groups is 1. The third-order valence-electron chi connectivity index (χ3n) is 4.30. The van der Waals surface area contributed by atoms with E-state index in [2.05, 4.69) is 20.4 Å². The van der Waals surface area contributed by atoms with Crippen molar-refractivity contribution in [2.24, 2.45) is 0 Å². The summed E-state index contributed by atoms with van der Waals surface area (Å²) >= 11 is 5.85. The number of benzene rings is 2. The van der Waals surface area contributed by atoms with Gasteiger partial charge in [-0.05, 0) is 36.4 Å². The Morgan fingerprint density at radius 3 is 2.37 bits per heavy atom. The van der Waals surface area contributed by atoms with Gasteiger partial charge in [0.15, 0.2) is 0 Å². The van der Waals surface area contributed by atoms with Crippen molar-refractivity contribution in [1.29, 1.82) is 0 Å². The Morgan fingerprint density at radius 1 is 1.10 bits per heavy atom. The number of fused-ring (bicyclic) bond motifs is 1. The number of anilines is 2. The molecule has 2 aromatic carbocycles. The van der Waals surface area contributed by atoms with Crippen LogP contribution in [0.2, 0.25) is 5.02 Å². The second-order valence-corrected chi connectivity index (χ2v) is 6.69.